The Morgan fingerprint density at radius 1 is 0.750 bits per heavy atom. The average molecular weight is 266 g/mol. The maximum absolute atomic E-state index is 5.95. The molecule has 1 aliphatic carbocycles. The Kier molecular flexibility index (Phi) is 4.49. The van der Waals surface area contributed by atoms with Crippen molar-refractivity contribution in [3.05, 3.63) is 71.3 Å². The van der Waals surface area contributed by atoms with Crippen molar-refractivity contribution >= 4 is 0 Å². The molecule has 0 atom stereocenters. The molecule has 0 N–H and O–H groups in total. The topological polar surface area (TPSA) is 9.23 Å². The van der Waals surface area contributed by atoms with Gasteiger partial charge in [0, 0.05) is 0 Å². The third kappa shape index (κ3) is 3.71. The van der Waals surface area contributed by atoms with E-state index in [1.165, 1.54) is 42.4 Å². The van der Waals surface area contributed by atoms with E-state index in [1.54, 1.807) is 0 Å². The molecular formula is C19H22O. The second-order valence-electron chi connectivity index (χ2n) is 5.70. The van der Waals surface area contributed by atoms with Gasteiger partial charge in [-0.25, -0.2) is 0 Å². The van der Waals surface area contributed by atoms with Crippen molar-refractivity contribution in [2.45, 2.75) is 44.8 Å². The highest BCUT2D eigenvalue weighted by molar-refractivity contribution is 5.28. The Morgan fingerprint density at radius 2 is 1.35 bits per heavy atom. The summed E-state index contributed by atoms with van der Waals surface area (Å²) in [7, 11) is 0. The number of hydrogen-bond donors (Lipinski definition) is 0. The van der Waals surface area contributed by atoms with Gasteiger partial charge in [-0.2, -0.15) is 0 Å². The molecule has 0 heterocycles. The van der Waals surface area contributed by atoms with Gasteiger partial charge in [0.15, 0.2) is 0 Å². The fourth-order valence-corrected chi connectivity index (χ4v) is 2.85. The molecule has 0 spiro atoms. The van der Waals surface area contributed by atoms with Gasteiger partial charge in [-0.05, 0) is 36.0 Å². The molecule has 1 nitrogen and oxygen atoms in total. The zero-order valence-corrected chi connectivity index (χ0v) is 11.9. The minimum absolute atomic E-state index is 0.499. The molecule has 0 aliphatic heterocycles. The molecule has 1 saturated carbocycles. The van der Waals surface area contributed by atoms with Crippen molar-refractivity contribution in [3.8, 4) is 0 Å². The van der Waals surface area contributed by atoms with Crippen LogP contribution in [0.15, 0.2) is 54.6 Å². The van der Waals surface area contributed by atoms with E-state index in [0.717, 1.165) is 13.0 Å². The lowest BCUT2D eigenvalue weighted by Crippen LogP contribution is -2.07. The average Bonchev–Trinajstić information content (AvgIpc) is 3.01. The van der Waals surface area contributed by atoms with Gasteiger partial charge in [-0.15, -0.1) is 0 Å². The van der Waals surface area contributed by atoms with Crippen LogP contribution in [0.2, 0.25) is 0 Å². The highest BCUT2D eigenvalue weighted by atomic mass is 16.5. The maximum atomic E-state index is 5.95. The third-order valence-electron chi connectivity index (χ3n) is 4.06. The standard InChI is InChI=1S/C19H22O/c1-2-6-16(7-3-1)14-17-10-12-18(13-11-17)15-20-19-8-4-5-9-19/h1-3,6-7,10-13,19H,4-5,8-9,14-15H2. The smallest absolute Gasteiger partial charge is 0.0720 e. The highest BCUT2D eigenvalue weighted by Crippen LogP contribution is 2.22. The van der Waals surface area contributed by atoms with Crippen molar-refractivity contribution in [1.29, 1.82) is 0 Å². The predicted octanol–water partition coefficient (Wildman–Crippen LogP) is 4.74. The van der Waals surface area contributed by atoms with E-state index in [-0.39, 0.29) is 0 Å². The van der Waals surface area contributed by atoms with Crippen LogP contribution in [0.1, 0.15) is 42.4 Å². The molecule has 1 aliphatic rings. The van der Waals surface area contributed by atoms with Gasteiger partial charge in [0.1, 0.15) is 0 Å². The summed E-state index contributed by atoms with van der Waals surface area (Å²) in [4.78, 5) is 0. The Bertz CT molecular complexity index is 509. The van der Waals surface area contributed by atoms with Crippen molar-refractivity contribution in [2.24, 2.45) is 0 Å². The zero-order chi connectivity index (χ0) is 13.6. The lowest BCUT2D eigenvalue weighted by Gasteiger charge is -2.11. The summed E-state index contributed by atoms with van der Waals surface area (Å²) in [5, 5.41) is 0. The van der Waals surface area contributed by atoms with E-state index in [4.69, 9.17) is 4.74 Å². The first kappa shape index (κ1) is 13.4. The van der Waals surface area contributed by atoms with Crippen LogP contribution >= 0.6 is 0 Å². The first-order chi connectivity index (χ1) is 9.90. The molecule has 0 amide bonds. The van der Waals surface area contributed by atoms with Crippen LogP contribution in [0.25, 0.3) is 0 Å². The monoisotopic (exact) mass is 266 g/mol. The van der Waals surface area contributed by atoms with E-state index >= 15 is 0 Å². The van der Waals surface area contributed by atoms with Crippen molar-refractivity contribution in [2.75, 3.05) is 0 Å². The SMILES string of the molecule is c1ccc(Cc2ccc(COC3CCCC3)cc2)cc1. The molecule has 1 fully saturated rings. The van der Waals surface area contributed by atoms with E-state index in [2.05, 4.69) is 54.6 Å². The molecule has 2 aromatic rings. The first-order valence-electron chi connectivity index (χ1n) is 7.63. The molecule has 104 valence electrons. The van der Waals surface area contributed by atoms with Gasteiger partial charge in [0.05, 0.1) is 12.7 Å². The minimum atomic E-state index is 0.499. The van der Waals surface area contributed by atoms with Crippen LogP contribution in [0.4, 0.5) is 0 Å². The van der Waals surface area contributed by atoms with Gasteiger partial charge in [-0.3, -0.25) is 0 Å². The molecule has 0 radical (unpaired) electrons. The Morgan fingerprint density at radius 3 is 2.05 bits per heavy atom. The van der Waals surface area contributed by atoms with Crippen molar-refractivity contribution in [1.82, 2.24) is 0 Å². The van der Waals surface area contributed by atoms with Crippen LogP contribution in [-0.4, -0.2) is 6.10 Å². The molecular weight excluding hydrogens is 244 g/mol. The molecule has 3 rings (SSSR count). The largest absolute Gasteiger partial charge is 0.374 e. The van der Waals surface area contributed by atoms with Crippen LogP contribution in [-0.2, 0) is 17.8 Å². The normalized spacial score (nSPS) is 15.6. The summed E-state index contributed by atoms with van der Waals surface area (Å²) in [6.45, 7) is 0.760. The van der Waals surface area contributed by atoms with Crippen molar-refractivity contribution < 1.29 is 4.74 Å². The van der Waals surface area contributed by atoms with Gasteiger partial charge in [-0.1, -0.05) is 67.4 Å². The molecule has 0 aromatic heterocycles. The summed E-state index contributed by atoms with van der Waals surface area (Å²) in [6, 6.07) is 19.5. The van der Waals surface area contributed by atoms with E-state index < -0.39 is 0 Å². The first-order valence-corrected chi connectivity index (χ1v) is 7.63. The fourth-order valence-electron chi connectivity index (χ4n) is 2.85. The molecule has 20 heavy (non-hydrogen) atoms. The Hall–Kier alpha value is -1.60. The summed E-state index contributed by atoms with van der Waals surface area (Å²) in [5.41, 5.74) is 4.01. The lowest BCUT2D eigenvalue weighted by atomic mass is 10.0. The Balaban J connectivity index is 1.54. The minimum Gasteiger partial charge on any atom is -0.374 e. The molecule has 0 bridgehead atoms. The molecule has 1 heteroatoms. The molecule has 0 unspecified atom stereocenters. The predicted molar refractivity (Wildman–Crippen MR) is 82.7 cm³/mol. The van der Waals surface area contributed by atoms with Crippen molar-refractivity contribution in [3.63, 3.8) is 0 Å². The van der Waals surface area contributed by atoms with E-state index in [0.29, 0.717) is 6.10 Å². The van der Waals surface area contributed by atoms with Crippen LogP contribution in [0, 0.1) is 0 Å². The van der Waals surface area contributed by atoms with Gasteiger partial charge < -0.3 is 4.74 Å². The summed E-state index contributed by atoms with van der Waals surface area (Å²) in [6.07, 6.45) is 6.66. The summed E-state index contributed by atoms with van der Waals surface area (Å²) < 4.78 is 5.95. The fraction of sp³-hybridized carbons (Fsp3) is 0.368. The van der Waals surface area contributed by atoms with Gasteiger partial charge in [0.25, 0.3) is 0 Å². The number of benzene rings is 2. The maximum Gasteiger partial charge on any atom is 0.0720 e. The quantitative estimate of drug-likeness (QED) is 0.759. The second-order valence-corrected chi connectivity index (χ2v) is 5.70. The summed E-state index contributed by atoms with van der Waals surface area (Å²) in [5.74, 6) is 0. The molecule has 0 saturated heterocycles. The highest BCUT2D eigenvalue weighted by Gasteiger charge is 2.14. The van der Waals surface area contributed by atoms with E-state index in [9.17, 15) is 0 Å². The van der Waals surface area contributed by atoms with Gasteiger partial charge in [0.2, 0.25) is 0 Å². The van der Waals surface area contributed by atoms with Gasteiger partial charge >= 0.3 is 0 Å². The van der Waals surface area contributed by atoms with Crippen LogP contribution in [0.3, 0.4) is 0 Å². The molecule has 2 aromatic carbocycles. The van der Waals surface area contributed by atoms with Crippen LogP contribution < -0.4 is 0 Å². The van der Waals surface area contributed by atoms with Crippen LogP contribution in [0.5, 0.6) is 0 Å². The second kappa shape index (κ2) is 6.71. The summed E-state index contributed by atoms with van der Waals surface area (Å²) >= 11 is 0. The number of rotatable bonds is 5. The number of ether oxygens (including phenoxy) is 1. The number of hydrogen-bond acceptors (Lipinski definition) is 1. The lowest BCUT2D eigenvalue weighted by molar-refractivity contribution is 0.0457. The zero-order valence-electron chi connectivity index (χ0n) is 11.9. The third-order valence-corrected chi connectivity index (χ3v) is 4.06. The Labute approximate surface area is 121 Å². The van der Waals surface area contributed by atoms with E-state index in [1.807, 2.05) is 0 Å².